The normalized spacial score (nSPS) is 17.3. The summed E-state index contributed by atoms with van der Waals surface area (Å²) in [5, 5.41) is 4.26. The lowest BCUT2D eigenvalue weighted by Crippen LogP contribution is -2.34. The van der Waals surface area contributed by atoms with E-state index in [1.165, 1.54) is 16.7 Å². The van der Waals surface area contributed by atoms with Crippen molar-refractivity contribution < 1.29 is 0 Å². The number of nitrogens with zero attached hydrogens (tertiary/aromatic N) is 3. The van der Waals surface area contributed by atoms with Crippen LogP contribution in [0.25, 0.3) is 0 Å². The number of halogens is 1. The summed E-state index contributed by atoms with van der Waals surface area (Å²) in [7, 11) is 0. The third kappa shape index (κ3) is 2.28. The molecule has 1 aromatic carbocycles. The van der Waals surface area contributed by atoms with Gasteiger partial charge in [-0.3, -0.25) is 0 Å². The molecule has 2 aromatic rings. The van der Waals surface area contributed by atoms with Crippen LogP contribution in [0.15, 0.2) is 24.5 Å². The van der Waals surface area contributed by atoms with E-state index in [1.807, 2.05) is 12.1 Å². The highest BCUT2D eigenvalue weighted by Crippen LogP contribution is 2.30. The molecule has 21 heavy (non-hydrogen) atoms. The smallest absolute Gasteiger partial charge is 0.135 e. The first-order chi connectivity index (χ1) is 10.3. The van der Waals surface area contributed by atoms with Crippen molar-refractivity contribution in [1.29, 1.82) is 0 Å². The summed E-state index contributed by atoms with van der Waals surface area (Å²) < 4.78 is 0. The Hall–Kier alpha value is -1.65. The fraction of sp³-hybridized carbons (Fsp3) is 0.375. The van der Waals surface area contributed by atoms with E-state index >= 15 is 0 Å². The second-order valence-corrected chi connectivity index (χ2v) is 6.01. The molecule has 0 bridgehead atoms. The molecule has 5 heteroatoms. The van der Waals surface area contributed by atoms with Crippen molar-refractivity contribution in [3.05, 3.63) is 51.9 Å². The van der Waals surface area contributed by atoms with Gasteiger partial charge in [0.25, 0.3) is 0 Å². The van der Waals surface area contributed by atoms with E-state index in [0.29, 0.717) is 0 Å². The summed E-state index contributed by atoms with van der Waals surface area (Å²) in [5.74, 6) is 1.10. The number of nitrogens with one attached hydrogen (secondary N) is 1. The molecule has 1 aromatic heterocycles. The van der Waals surface area contributed by atoms with Crippen LogP contribution in [-0.4, -0.2) is 23.1 Å². The molecule has 4 nitrogen and oxygen atoms in total. The van der Waals surface area contributed by atoms with Crippen LogP contribution in [0.2, 0.25) is 5.02 Å². The molecule has 108 valence electrons. The quantitative estimate of drug-likeness (QED) is 0.878. The maximum Gasteiger partial charge on any atom is 0.135 e. The van der Waals surface area contributed by atoms with Gasteiger partial charge in [0.1, 0.15) is 12.1 Å². The van der Waals surface area contributed by atoms with Gasteiger partial charge in [0, 0.05) is 30.2 Å². The summed E-state index contributed by atoms with van der Waals surface area (Å²) in [6.07, 6.45) is 3.67. The van der Waals surface area contributed by atoms with Gasteiger partial charge in [0.15, 0.2) is 0 Å². The van der Waals surface area contributed by atoms with Gasteiger partial charge in [-0.05, 0) is 36.6 Å². The summed E-state index contributed by atoms with van der Waals surface area (Å²) in [5.41, 5.74) is 5.06. The minimum atomic E-state index is 0.848. The minimum Gasteiger partial charge on any atom is -0.352 e. The van der Waals surface area contributed by atoms with Gasteiger partial charge in [-0.15, -0.1) is 0 Å². The van der Waals surface area contributed by atoms with Gasteiger partial charge in [-0.25, -0.2) is 9.97 Å². The maximum atomic E-state index is 6.30. The SMILES string of the molecule is Clc1cccc2c1CCN(c1ncnc3c1CCNC3)C2. The molecule has 3 heterocycles. The van der Waals surface area contributed by atoms with Crippen molar-refractivity contribution in [3.63, 3.8) is 0 Å². The third-order valence-corrected chi connectivity index (χ3v) is 4.72. The molecule has 0 saturated heterocycles. The van der Waals surface area contributed by atoms with Gasteiger partial charge >= 0.3 is 0 Å². The molecule has 1 N–H and O–H groups in total. The predicted molar refractivity (Wildman–Crippen MR) is 83.6 cm³/mol. The average molecular weight is 301 g/mol. The number of rotatable bonds is 1. The van der Waals surface area contributed by atoms with Gasteiger partial charge < -0.3 is 10.2 Å². The van der Waals surface area contributed by atoms with Gasteiger partial charge in [0.2, 0.25) is 0 Å². The molecule has 0 amide bonds. The van der Waals surface area contributed by atoms with Crippen LogP contribution in [0.4, 0.5) is 5.82 Å². The largest absolute Gasteiger partial charge is 0.352 e. The van der Waals surface area contributed by atoms with E-state index in [1.54, 1.807) is 6.33 Å². The Morgan fingerprint density at radius 2 is 2.10 bits per heavy atom. The van der Waals surface area contributed by atoms with Crippen LogP contribution in [-0.2, 0) is 25.9 Å². The molecule has 0 atom stereocenters. The molecular formula is C16H17ClN4. The highest BCUT2D eigenvalue weighted by Gasteiger charge is 2.23. The Kier molecular flexibility index (Phi) is 3.28. The molecule has 0 saturated carbocycles. The molecule has 0 radical (unpaired) electrons. The maximum absolute atomic E-state index is 6.30. The highest BCUT2D eigenvalue weighted by molar-refractivity contribution is 6.31. The lowest BCUT2D eigenvalue weighted by Gasteiger charge is -2.32. The van der Waals surface area contributed by atoms with Crippen molar-refractivity contribution in [1.82, 2.24) is 15.3 Å². The summed E-state index contributed by atoms with van der Waals surface area (Å²) >= 11 is 6.30. The zero-order valence-electron chi connectivity index (χ0n) is 11.8. The summed E-state index contributed by atoms with van der Waals surface area (Å²) in [6, 6.07) is 6.18. The molecule has 0 fully saturated rings. The van der Waals surface area contributed by atoms with Gasteiger partial charge in [-0.2, -0.15) is 0 Å². The number of hydrogen-bond acceptors (Lipinski definition) is 4. The Morgan fingerprint density at radius 3 is 3.05 bits per heavy atom. The number of benzene rings is 1. The Labute approximate surface area is 129 Å². The second kappa shape index (κ2) is 5.28. The predicted octanol–water partition coefficient (Wildman–Crippen LogP) is 2.34. The van der Waals surface area contributed by atoms with Gasteiger partial charge in [-0.1, -0.05) is 23.7 Å². The van der Waals surface area contributed by atoms with E-state index in [-0.39, 0.29) is 0 Å². The zero-order chi connectivity index (χ0) is 14.2. The van der Waals surface area contributed by atoms with Crippen LogP contribution in [0, 0.1) is 0 Å². The summed E-state index contributed by atoms with van der Waals surface area (Å²) in [4.78, 5) is 11.3. The molecule has 2 aliphatic rings. The number of fused-ring (bicyclic) bond motifs is 2. The van der Waals surface area contributed by atoms with E-state index in [4.69, 9.17) is 11.6 Å². The minimum absolute atomic E-state index is 0.848. The first-order valence-corrected chi connectivity index (χ1v) is 7.75. The van der Waals surface area contributed by atoms with Crippen LogP contribution in [0.3, 0.4) is 0 Å². The zero-order valence-corrected chi connectivity index (χ0v) is 12.5. The standard InChI is InChI=1S/C16H17ClN4/c17-14-3-1-2-11-9-21(7-5-12(11)14)16-13-4-6-18-8-15(13)19-10-20-16/h1-3,10,18H,4-9H2. The van der Waals surface area contributed by atoms with Crippen molar-refractivity contribution in [3.8, 4) is 0 Å². The van der Waals surface area contributed by atoms with E-state index < -0.39 is 0 Å². The Morgan fingerprint density at radius 1 is 1.14 bits per heavy atom. The van der Waals surface area contributed by atoms with Crippen molar-refractivity contribution in [2.24, 2.45) is 0 Å². The second-order valence-electron chi connectivity index (χ2n) is 5.60. The lowest BCUT2D eigenvalue weighted by molar-refractivity contribution is 0.614. The van der Waals surface area contributed by atoms with Gasteiger partial charge in [0.05, 0.1) is 5.69 Å². The van der Waals surface area contributed by atoms with Crippen LogP contribution in [0.5, 0.6) is 0 Å². The van der Waals surface area contributed by atoms with E-state index in [9.17, 15) is 0 Å². The topological polar surface area (TPSA) is 41.1 Å². The first-order valence-electron chi connectivity index (χ1n) is 7.37. The van der Waals surface area contributed by atoms with Crippen LogP contribution >= 0.6 is 11.6 Å². The highest BCUT2D eigenvalue weighted by atomic mass is 35.5. The van der Waals surface area contributed by atoms with E-state index in [0.717, 1.165) is 55.6 Å². The van der Waals surface area contributed by atoms with Crippen LogP contribution < -0.4 is 10.2 Å². The molecule has 0 spiro atoms. The van der Waals surface area contributed by atoms with Crippen LogP contribution in [0.1, 0.15) is 22.4 Å². The third-order valence-electron chi connectivity index (χ3n) is 4.36. The summed E-state index contributed by atoms with van der Waals surface area (Å²) in [6.45, 7) is 3.70. The monoisotopic (exact) mass is 300 g/mol. The molecule has 0 aliphatic carbocycles. The molecule has 2 aliphatic heterocycles. The fourth-order valence-electron chi connectivity index (χ4n) is 3.28. The fourth-order valence-corrected chi connectivity index (χ4v) is 3.57. The number of anilines is 1. The number of aromatic nitrogens is 2. The van der Waals surface area contributed by atoms with Crippen molar-refractivity contribution in [2.45, 2.75) is 25.9 Å². The molecular weight excluding hydrogens is 284 g/mol. The first kappa shape index (κ1) is 13.0. The number of hydrogen-bond donors (Lipinski definition) is 1. The lowest BCUT2D eigenvalue weighted by atomic mass is 9.98. The van der Waals surface area contributed by atoms with E-state index in [2.05, 4.69) is 26.3 Å². The van der Waals surface area contributed by atoms with Crippen molar-refractivity contribution in [2.75, 3.05) is 18.0 Å². The Bertz CT molecular complexity index is 686. The average Bonchev–Trinajstić information content (AvgIpc) is 2.54. The Balaban J connectivity index is 1.70. The molecule has 0 unspecified atom stereocenters. The molecule has 4 rings (SSSR count). The van der Waals surface area contributed by atoms with Crippen molar-refractivity contribution >= 4 is 17.4 Å².